The van der Waals surface area contributed by atoms with Crippen LogP contribution in [-0.4, -0.2) is 32.4 Å². The van der Waals surface area contributed by atoms with Crippen LogP contribution in [0.4, 0.5) is 19.1 Å². The van der Waals surface area contributed by atoms with Gasteiger partial charge in [-0.05, 0) is 79.6 Å². The quantitative estimate of drug-likeness (QED) is 0.160. The van der Waals surface area contributed by atoms with E-state index in [1.165, 1.54) is 11.9 Å². The van der Waals surface area contributed by atoms with Gasteiger partial charge in [-0.25, -0.2) is 9.97 Å². The lowest BCUT2D eigenvalue weighted by molar-refractivity contribution is -0.125. The predicted octanol–water partition coefficient (Wildman–Crippen LogP) is 7.70. The summed E-state index contributed by atoms with van der Waals surface area (Å²) in [6.07, 6.45) is -3.58. The Morgan fingerprint density at radius 3 is 2.48 bits per heavy atom. The number of anilines is 1. The van der Waals surface area contributed by atoms with Crippen molar-refractivity contribution >= 4 is 29.0 Å². The predicted molar refractivity (Wildman–Crippen MR) is 161 cm³/mol. The summed E-state index contributed by atoms with van der Waals surface area (Å²) in [4.78, 5) is 10.5. The number of hydrogen-bond acceptors (Lipinski definition) is 7. The van der Waals surface area contributed by atoms with Gasteiger partial charge in [0.05, 0.1) is 18.8 Å². The summed E-state index contributed by atoms with van der Waals surface area (Å²) in [7, 11) is 0. The van der Waals surface area contributed by atoms with Gasteiger partial charge in [-0.2, -0.15) is 13.2 Å². The standard InChI is InChI=1S/C31H33F3N6OS/c1-6-27-37-28-18(2)13-19(3)36-29(28)40(27)16-22-11-12-24(23(14-22)15-35-17-31(32,33)34)25-9-7-8-10-26(25)42-39-30-20(4)21(5)38-41-30/h7-14,35,39H,6,15-17H2,1-5H3. The number of rotatable bonds is 10. The minimum atomic E-state index is -4.31. The van der Waals surface area contributed by atoms with Gasteiger partial charge >= 0.3 is 6.18 Å². The van der Waals surface area contributed by atoms with E-state index in [-0.39, 0.29) is 6.54 Å². The molecule has 0 saturated heterocycles. The smallest absolute Gasteiger partial charge is 0.337 e. The average Bonchev–Trinajstić information content (AvgIpc) is 3.46. The van der Waals surface area contributed by atoms with E-state index in [2.05, 4.69) is 26.7 Å². The third kappa shape index (κ3) is 6.47. The molecule has 42 heavy (non-hydrogen) atoms. The third-order valence-corrected chi connectivity index (χ3v) is 8.02. The van der Waals surface area contributed by atoms with Crippen molar-refractivity contribution in [2.45, 2.75) is 65.2 Å². The molecular weight excluding hydrogens is 561 g/mol. The Bertz CT molecular complexity index is 1730. The van der Waals surface area contributed by atoms with Crippen molar-refractivity contribution in [3.63, 3.8) is 0 Å². The van der Waals surface area contributed by atoms with Gasteiger partial charge in [-0.15, -0.1) is 0 Å². The molecule has 0 fully saturated rings. The van der Waals surface area contributed by atoms with Crippen molar-refractivity contribution in [1.82, 2.24) is 25.0 Å². The highest BCUT2D eigenvalue weighted by Gasteiger charge is 2.26. The van der Waals surface area contributed by atoms with Gasteiger partial charge < -0.3 is 14.4 Å². The van der Waals surface area contributed by atoms with Crippen molar-refractivity contribution in [2.75, 3.05) is 11.3 Å². The first kappa shape index (κ1) is 29.7. The number of fused-ring (bicyclic) bond motifs is 1. The molecule has 0 aliphatic rings. The summed E-state index contributed by atoms with van der Waals surface area (Å²) in [6.45, 7) is 9.33. The van der Waals surface area contributed by atoms with Gasteiger partial charge in [0.25, 0.3) is 0 Å². The molecule has 7 nitrogen and oxygen atoms in total. The zero-order chi connectivity index (χ0) is 30.0. The zero-order valence-corrected chi connectivity index (χ0v) is 25.0. The lowest BCUT2D eigenvalue weighted by Gasteiger charge is -2.17. The van der Waals surface area contributed by atoms with E-state index < -0.39 is 12.7 Å². The average molecular weight is 595 g/mol. The first-order valence-corrected chi connectivity index (χ1v) is 14.5. The SMILES string of the molecule is CCc1nc2c(C)cc(C)nc2n1Cc1ccc(-c2ccccc2SNc2onc(C)c2C)c(CNCC(F)(F)F)c1. The van der Waals surface area contributed by atoms with Crippen LogP contribution >= 0.6 is 11.9 Å². The Morgan fingerprint density at radius 1 is 0.976 bits per heavy atom. The van der Waals surface area contributed by atoms with Crippen LogP contribution in [0, 0.1) is 27.7 Å². The maximum absolute atomic E-state index is 13.1. The number of nitrogens with zero attached hydrogens (tertiary/aromatic N) is 4. The Labute approximate surface area is 247 Å². The summed E-state index contributed by atoms with van der Waals surface area (Å²) in [5.41, 5.74) is 8.85. The first-order valence-electron chi connectivity index (χ1n) is 13.7. The number of aryl methyl sites for hydroxylation is 4. The van der Waals surface area contributed by atoms with Crippen LogP contribution in [0.3, 0.4) is 0 Å². The van der Waals surface area contributed by atoms with Crippen LogP contribution in [-0.2, 0) is 19.5 Å². The Balaban J connectivity index is 1.51. The number of alkyl halides is 3. The summed E-state index contributed by atoms with van der Waals surface area (Å²) < 4.78 is 49.9. The van der Waals surface area contributed by atoms with Crippen LogP contribution in [0.25, 0.3) is 22.3 Å². The highest BCUT2D eigenvalue weighted by atomic mass is 32.2. The van der Waals surface area contributed by atoms with Crippen LogP contribution in [0.5, 0.6) is 0 Å². The normalized spacial score (nSPS) is 11.9. The lowest BCUT2D eigenvalue weighted by atomic mass is 9.97. The Kier molecular flexibility index (Phi) is 8.60. The largest absolute Gasteiger partial charge is 0.401 e. The van der Waals surface area contributed by atoms with Crippen molar-refractivity contribution in [3.05, 3.63) is 88.0 Å². The number of pyridine rings is 1. The van der Waals surface area contributed by atoms with E-state index in [9.17, 15) is 13.2 Å². The molecule has 0 atom stereocenters. The second-order valence-corrected chi connectivity index (χ2v) is 11.2. The number of aromatic nitrogens is 4. The van der Waals surface area contributed by atoms with E-state index in [1.54, 1.807) is 0 Å². The molecule has 0 radical (unpaired) electrons. The van der Waals surface area contributed by atoms with Crippen LogP contribution in [0.1, 0.15) is 46.4 Å². The molecule has 0 aliphatic heterocycles. The molecule has 2 N–H and O–H groups in total. The maximum atomic E-state index is 13.1. The van der Waals surface area contributed by atoms with E-state index in [4.69, 9.17) is 14.5 Å². The highest BCUT2D eigenvalue weighted by molar-refractivity contribution is 8.00. The molecule has 5 rings (SSSR count). The first-order chi connectivity index (χ1) is 20.0. The van der Waals surface area contributed by atoms with Gasteiger partial charge in [0.2, 0.25) is 5.88 Å². The molecule has 3 heterocycles. The molecule has 2 aromatic carbocycles. The number of benzene rings is 2. The molecule has 3 aromatic heterocycles. The second-order valence-electron chi connectivity index (χ2n) is 10.4. The summed E-state index contributed by atoms with van der Waals surface area (Å²) in [5, 5.41) is 6.59. The monoisotopic (exact) mass is 594 g/mol. The van der Waals surface area contributed by atoms with E-state index in [0.29, 0.717) is 12.4 Å². The summed E-state index contributed by atoms with van der Waals surface area (Å²) in [6, 6.07) is 15.8. The number of hydrogen-bond donors (Lipinski definition) is 2. The zero-order valence-electron chi connectivity index (χ0n) is 24.2. The van der Waals surface area contributed by atoms with Gasteiger partial charge in [0, 0.05) is 29.1 Å². The van der Waals surface area contributed by atoms with Gasteiger partial charge in [0.15, 0.2) is 5.65 Å². The highest BCUT2D eigenvalue weighted by Crippen LogP contribution is 2.35. The van der Waals surface area contributed by atoms with E-state index in [1.807, 2.05) is 76.2 Å². The fourth-order valence-electron chi connectivity index (χ4n) is 4.95. The fourth-order valence-corrected chi connectivity index (χ4v) is 5.78. The molecular formula is C31H33F3N6OS. The van der Waals surface area contributed by atoms with Crippen LogP contribution < -0.4 is 10.0 Å². The molecule has 220 valence electrons. The fraction of sp³-hybridized carbons (Fsp3) is 0.323. The van der Waals surface area contributed by atoms with Crippen LogP contribution in [0.2, 0.25) is 0 Å². The van der Waals surface area contributed by atoms with Crippen molar-refractivity contribution < 1.29 is 17.7 Å². The van der Waals surface area contributed by atoms with E-state index in [0.717, 1.165) is 73.1 Å². The summed E-state index contributed by atoms with van der Waals surface area (Å²) in [5.74, 6) is 1.48. The number of imidazole rings is 1. The molecule has 0 bridgehead atoms. The molecule has 5 aromatic rings. The topological polar surface area (TPSA) is 80.8 Å². The molecule has 0 aliphatic carbocycles. The molecule has 0 spiro atoms. The van der Waals surface area contributed by atoms with Crippen molar-refractivity contribution in [3.8, 4) is 11.1 Å². The summed E-state index contributed by atoms with van der Waals surface area (Å²) >= 11 is 1.37. The molecule has 0 saturated carbocycles. The Hall–Kier alpha value is -3.83. The van der Waals surface area contributed by atoms with E-state index >= 15 is 0 Å². The van der Waals surface area contributed by atoms with Gasteiger partial charge in [-0.3, -0.25) is 4.72 Å². The molecule has 0 unspecified atom stereocenters. The minimum Gasteiger partial charge on any atom is -0.337 e. The van der Waals surface area contributed by atoms with Crippen molar-refractivity contribution in [1.29, 1.82) is 0 Å². The van der Waals surface area contributed by atoms with Crippen LogP contribution in [0.15, 0.2) is 57.9 Å². The van der Waals surface area contributed by atoms with Gasteiger partial charge in [0.1, 0.15) is 11.3 Å². The van der Waals surface area contributed by atoms with Gasteiger partial charge in [-0.1, -0.05) is 48.5 Å². The molecule has 0 amide bonds. The second kappa shape index (κ2) is 12.2. The molecule has 11 heteroatoms. The number of halogens is 3. The Morgan fingerprint density at radius 2 is 1.76 bits per heavy atom. The number of nitrogens with one attached hydrogen (secondary N) is 2. The third-order valence-electron chi connectivity index (χ3n) is 7.16. The maximum Gasteiger partial charge on any atom is 0.401 e. The van der Waals surface area contributed by atoms with Crippen molar-refractivity contribution in [2.24, 2.45) is 0 Å². The minimum absolute atomic E-state index is 0.0529. The lowest BCUT2D eigenvalue weighted by Crippen LogP contribution is -2.28.